The number of carbonyl (C=O) groups excluding carboxylic acids is 1. The number of nitrogens with zero attached hydrogens (tertiary/aromatic N) is 2. The molecule has 4 heteroatoms. The van der Waals surface area contributed by atoms with Crippen LogP contribution in [0.4, 0.5) is 0 Å². The van der Waals surface area contributed by atoms with Crippen LogP contribution in [0.1, 0.15) is 19.3 Å². The number of isocyanates is 1. The summed E-state index contributed by atoms with van der Waals surface area (Å²) < 4.78 is 5.27. The molecule has 0 unspecified atom stereocenters. The molecule has 0 spiro atoms. The van der Waals surface area contributed by atoms with Gasteiger partial charge in [-0.15, -0.1) is 0 Å². The molecule has 0 aromatic rings. The summed E-state index contributed by atoms with van der Waals surface area (Å²) in [5.74, 6) is 0. The summed E-state index contributed by atoms with van der Waals surface area (Å²) in [6, 6.07) is 0. The predicted octanol–water partition coefficient (Wildman–Crippen LogP) is 0.577. The first kappa shape index (κ1) is 9.84. The first-order chi connectivity index (χ1) is 6.85. The molecule has 0 aromatic carbocycles. The van der Waals surface area contributed by atoms with E-state index >= 15 is 0 Å². The number of hydrogen-bond donors (Lipinski definition) is 0. The normalized spacial score (nSPS) is 25.4. The monoisotopic (exact) mass is 196 g/mol. The Morgan fingerprint density at radius 2 is 2.07 bits per heavy atom. The smallest absolute Gasteiger partial charge is 0.235 e. The zero-order valence-electron chi connectivity index (χ0n) is 8.37. The number of aliphatic imine (C=N–C) groups is 1. The second-order valence-electron chi connectivity index (χ2n) is 4.13. The van der Waals surface area contributed by atoms with Crippen LogP contribution in [0.5, 0.6) is 0 Å². The van der Waals surface area contributed by atoms with Crippen molar-refractivity contribution in [3.05, 3.63) is 0 Å². The van der Waals surface area contributed by atoms with E-state index in [0.29, 0.717) is 0 Å². The third-order valence-corrected chi connectivity index (χ3v) is 3.11. The van der Waals surface area contributed by atoms with Crippen molar-refractivity contribution in [3.63, 3.8) is 0 Å². The molecule has 0 bridgehead atoms. The van der Waals surface area contributed by atoms with Crippen molar-refractivity contribution >= 4 is 6.08 Å². The Kier molecular flexibility index (Phi) is 2.96. The molecule has 1 saturated carbocycles. The Labute approximate surface area is 83.9 Å². The molecule has 0 aromatic heterocycles. The van der Waals surface area contributed by atoms with E-state index in [1.807, 2.05) is 0 Å². The molecule has 0 radical (unpaired) electrons. The van der Waals surface area contributed by atoms with Crippen molar-refractivity contribution in [1.29, 1.82) is 0 Å². The standard InChI is InChI=1S/C10H16N2O2/c13-9-11-10(1-2-10)3-4-12-5-7-14-8-6-12/h1-8H2. The van der Waals surface area contributed by atoms with E-state index in [-0.39, 0.29) is 5.54 Å². The number of hydrogen-bond acceptors (Lipinski definition) is 4. The van der Waals surface area contributed by atoms with E-state index in [1.54, 1.807) is 6.08 Å². The summed E-state index contributed by atoms with van der Waals surface area (Å²) in [6.45, 7) is 4.74. The summed E-state index contributed by atoms with van der Waals surface area (Å²) in [4.78, 5) is 16.5. The highest BCUT2D eigenvalue weighted by atomic mass is 16.5. The Bertz CT molecular complexity index is 239. The Morgan fingerprint density at radius 1 is 1.36 bits per heavy atom. The zero-order chi connectivity index (χ0) is 9.86. The van der Waals surface area contributed by atoms with Gasteiger partial charge < -0.3 is 4.74 Å². The lowest BCUT2D eigenvalue weighted by molar-refractivity contribution is 0.0363. The van der Waals surface area contributed by atoms with Crippen LogP contribution in [0.3, 0.4) is 0 Å². The molecule has 0 atom stereocenters. The number of ether oxygens (including phenoxy) is 1. The summed E-state index contributed by atoms with van der Waals surface area (Å²) in [5, 5.41) is 0. The van der Waals surface area contributed by atoms with Crippen LogP contribution in [0.15, 0.2) is 4.99 Å². The van der Waals surface area contributed by atoms with Crippen LogP contribution in [0, 0.1) is 0 Å². The first-order valence-corrected chi connectivity index (χ1v) is 5.24. The molecule has 14 heavy (non-hydrogen) atoms. The van der Waals surface area contributed by atoms with Gasteiger partial charge in [0.05, 0.1) is 18.8 Å². The summed E-state index contributed by atoms with van der Waals surface area (Å²) in [6.07, 6.45) is 4.82. The van der Waals surface area contributed by atoms with Crippen molar-refractivity contribution in [2.75, 3.05) is 32.8 Å². The quantitative estimate of drug-likeness (QED) is 0.488. The highest BCUT2D eigenvalue weighted by Crippen LogP contribution is 2.42. The third kappa shape index (κ3) is 2.41. The minimum Gasteiger partial charge on any atom is -0.379 e. The van der Waals surface area contributed by atoms with Crippen molar-refractivity contribution in [1.82, 2.24) is 4.90 Å². The average molecular weight is 196 g/mol. The van der Waals surface area contributed by atoms with Crippen LogP contribution >= 0.6 is 0 Å². The van der Waals surface area contributed by atoms with Crippen LogP contribution in [0.25, 0.3) is 0 Å². The molecule has 1 saturated heterocycles. The maximum Gasteiger partial charge on any atom is 0.235 e. The van der Waals surface area contributed by atoms with Crippen LogP contribution < -0.4 is 0 Å². The van der Waals surface area contributed by atoms with E-state index in [9.17, 15) is 4.79 Å². The largest absolute Gasteiger partial charge is 0.379 e. The fourth-order valence-corrected chi connectivity index (χ4v) is 1.85. The van der Waals surface area contributed by atoms with Gasteiger partial charge in [0.15, 0.2) is 0 Å². The maximum atomic E-state index is 10.2. The lowest BCUT2D eigenvalue weighted by atomic mass is 10.2. The summed E-state index contributed by atoms with van der Waals surface area (Å²) in [5.41, 5.74) is -0.0277. The topological polar surface area (TPSA) is 41.9 Å². The molecule has 0 N–H and O–H groups in total. The molecule has 0 amide bonds. The van der Waals surface area contributed by atoms with Gasteiger partial charge in [0.2, 0.25) is 6.08 Å². The van der Waals surface area contributed by atoms with Crippen molar-refractivity contribution in [2.24, 2.45) is 4.99 Å². The van der Waals surface area contributed by atoms with Gasteiger partial charge in [-0.25, -0.2) is 4.79 Å². The minimum atomic E-state index is -0.0277. The molecular weight excluding hydrogens is 180 g/mol. The molecule has 2 fully saturated rings. The molecule has 2 aliphatic rings. The number of morpholine rings is 1. The average Bonchev–Trinajstić information content (AvgIpc) is 2.98. The Balaban J connectivity index is 1.73. The van der Waals surface area contributed by atoms with Gasteiger partial charge in [-0.2, -0.15) is 4.99 Å². The van der Waals surface area contributed by atoms with Gasteiger partial charge in [-0.05, 0) is 19.3 Å². The van der Waals surface area contributed by atoms with E-state index in [1.165, 1.54) is 0 Å². The van der Waals surface area contributed by atoms with E-state index in [2.05, 4.69) is 9.89 Å². The van der Waals surface area contributed by atoms with Crippen LogP contribution in [-0.2, 0) is 9.53 Å². The molecule has 1 aliphatic heterocycles. The number of rotatable bonds is 4. The lowest BCUT2D eigenvalue weighted by Gasteiger charge is -2.27. The third-order valence-electron chi connectivity index (χ3n) is 3.11. The van der Waals surface area contributed by atoms with Gasteiger partial charge >= 0.3 is 0 Å². The van der Waals surface area contributed by atoms with E-state index in [4.69, 9.17) is 4.74 Å². The highest BCUT2D eigenvalue weighted by Gasteiger charge is 2.42. The van der Waals surface area contributed by atoms with Crippen LogP contribution in [-0.4, -0.2) is 49.4 Å². The summed E-state index contributed by atoms with van der Waals surface area (Å²) >= 11 is 0. The SMILES string of the molecule is O=C=NC1(CCN2CCOCC2)CC1. The summed E-state index contributed by atoms with van der Waals surface area (Å²) in [7, 11) is 0. The van der Waals surface area contributed by atoms with Gasteiger partial charge in [0, 0.05) is 19.6 Å². The van der Waals surface area contributed by atoms with Crippen molar-refractivity contribution in [2.45, 2.75) is 24.8 Å². The second-order valence-corrected chi connectivity index (χ2v) is 4.13. The molecule has 2 rings (SSSR count). The second kappa shape index (κ2) is 4.22. The predicted molar refractivity (Wildman–Crippen MR) is 52.0 cm³/mol. The Hall–Kier alpha value is -0.700. The fraction of sp³-hybridized carbons (Fsp3) is 0.900. The van der Waals surface area contributed by atoms with Gasteiger partial charge in [-0.1, -0.05) is 0 Å². The minimum absolute atomic E-state index is 0.0277. The Morgan fingerprint density at radius 3 is 2.64 bits per heavy atom. The zero-order valence-corrected chi connectivity index (χ0v) is 8.37. The fourth-order valence-electron chi connectivity index (χ4n) is 1.85. The lowest BCUT2D eigenvalue weighted by Crippen LogP contribution is -2.38. The van der Waals surface area contributed by atoms with Crippen molar-refractivity contribution in [3.8, 4) is 0 Å². The first-order valence-electron chi connectivity index (χ1n) is 5.24. The highest BCUT2D eigenvalue weighted by molar-refractivity contribution is 5.36. The molecule has 78 valence electrons. The van der Waals surface area contributed by atoms with Crippen LogP contribution in [0.2, 0.25) is 0 Å². The van der Waals surface area contributed by atoms with Gasteiger partial charge in [0.25, 0.3) is 0 Å². The van der Waals surface area contributed by atoms with E-state index in [0.717, 1.165) is 52.1 Å². The molecule has 4 nitrogen and oxygen atoms in total. The molecule has 1 aliphatic carbocycles. The maximum absolute atomic E-state index is 10.2. The van der Waals surface area contributed by atoms with E-state index < -0.39 is 0 Å². The van der Waals surface area contributed by atoms with Crippen molar-refractivity contribution < 1.29 is 9.53 Å². The van der Waals surface area contributed by atoms with Gasteiger partial charge in [-0.3, -0.25) is 4.90 Å². The van der Waals surface area contributed by atoms with Gasteiger partial charge in [0.1, 0.15) is 0 Å². The molecule has 1 heterocycles. The molecular formula is C10H16N2O2.